The van der Waals surface area contributed by atoms with Gasteiger partial charge in [0.25, 0.3) is 10.0 Å². The Hall–Kier alpha value is -1.43. The Bertz CT molecular complexity index is 975. The molecule has 0 saturated carbocycles. The van der Waals surface area contributed by atoms with E-state index in [-0.39, 0.29) is 24.0 Å². The maximum Gasteiger partial charge on any atom is 0.252 e. The molecule has 0 unspecified atom stereocenters. The lowest BCUT2D eigenvalue weighted by atomic mass is 10.0. The molecule has 6 nitrogen and oxygen atoms in total. The fraction of sp³-hybridized carbons (Fsp3) is 0.381. The van der Waals surface area contributed by atoms with E-state index in [0.29, 0.717) is 10.8 Å². The molecule has 9 heteroatoms. The van der Waals surface area contributed by atoms with Gasteiger partial charge in [-0.2, -0.15) is 0 Å². The third-order valence-electron chi connectivity index (χ3n) is 4.88. The average Bonchev–Trinajstić information content (AvgIpc) is 3.20. The van der Waals surface area contributed by atoms with Gasteiger partial charge >= 0.3 is 0 Å². The molecule has 30 heavy (non-hydrogen) atoms. The number of thiophene rings is 1. The normalized spacial score (nSPS) is 15.1. The number of benzene rings is 1. The van der Waals surface area contributed by atoms with E-state index in [1.807, 2.05) is 12.1 Å². The molecule has 1 N–H and O–H groups in total. The van der Waals surface area contributed by atoms with Gasteiger partial charge in [0.05, 0.1) is 6.54 Å². The molecule has 0 radical (unpaired) electrons. The van der Waals surface area contributed by atoms with Gasteiger partial charge in [0, 0.05) is 39.1 Å². The fourth-order valence-corrected chi connectivity index (χ4v) is 5.67. The predicted octanol–water partition coefficient (Wildman–Crippen LogP) is 3.87. The molecule has 0 aliphatic carbocycles. The SMILES string of the molecule is CN=C(NCc1ccc(S(=O)(=O)N(C)C)s1)N1CCC(=Cc2ccccc2)CC1.I. The summed E-state index contributed by atoms with van der Waals surface area (Å²) in [5.41, 5.74) is 2.71. The number of hydrogen-bond donors (Lipinski definition) is 1. The van der Waals surface area contributed by atoms with Gasteiger partial charge in [-0.25, -0.2) is 12.7 Å². The molecule has 1 aromatic heterocycles. The molecule has 3 rings (SSSR count). The molecule has 0 atom stereocenters. The average molecular weight is 561 g/mol. The molecule has 0 amide bonds. The van der Waals surface area contributed by atoms with Gasteiger partial charge < -0.3 is 10.2 Å². The van der Waals surface area contributed by atoms with Gasteiger partial charge in [-0.05, 0) is 30.5 Å². The highest BCUT2D eigenvalue weighted by Crippen LogP contribution is 2.24. The summed E-state index contributed by atoms with van der Waals surface area (Å²) in [7, 11) is 1.50. The number of nitrogens with one attached hydrogen (secondary N) is 1. The molecule has 1 saturated heterocycles. The minimum Gasteiger partial charge on any atom is -0.351 e. The van der Waals surface area contributed by atoms with Gasteiger partial charge in [0.2, 0.25) is 0 Å². The third-order valence-corrected chi connectivity index (χ3v) is 8.25. The van der Waals surface area contributed by atoms with Crippen molar-refractivity contribution >= 4 is 57.4 Å². The summed E-state index contributed by atoms with van der Waals surface area (Å²) in [5, 5.41) is 3.37. The minimum absolute atomic E-state index is 0. The van der Waals surface area contributed by atoms with Gasteiger partial charge in [-0.3, -0.25) is 4.99 Å². The molecule has 164 valence electrons. The Balaban J connectivity index is 0.00000320. The number of nitrogens with zero attached hydrogens (tertiary/aromatic N) is 3. The van der Waals surface area contributed by atoms with Gasteiger partial charge in [-0.1, -0.05) is 42.0 Å². The van der Waals surface area contributed by atoms with E-state index in [0.717, 1.165) is 36.8 Å². The van der Waals surface area contributed by atoms with E-state index < -0.39 is 10.0 Å². The summed E-state index contributed by atoms with van der Waals surface area (Å²) in [6, 6.07) is 13.9. The van der Waals surface area contributed by atoms with Gasteiger partial charge in [-0.15, -0.1) is 35.3 Å². The zero-order chi connectivity index (χ0) is 20.9. The monoisotopic (exact) mass is 560 g/mol. The van der Waals surface area contributed by atoms with E-state index in [2.05, 4.69) is 45.6 Å². The van der Waals surface area contributed by atoms with Crippen molar-refractivity contribution in [2.45, 2.75) is 23.6 Å². The Morgan fingerprint density at radius 3 is 2.43 bits per heavy atom. The van der Waals surface area contributed by atoms with Crippen LogP contribution in [-0.2, 0) is 16.6 Å². The van der Waals surface area contributed by atoms with E-state index in [9.17, 15) is 8.42 Å². The second-order valence-electron chi connectivity index (χ2n) is 7.11. The van der Waals surface area contributed by atoms with E-state index >= 15 is 0 Å². The van der Waals surface area contributed by atoms with Crippen LogP contribution in [0.5, 0.6) is 0 Å². The summed E-state index contributed by atoms with van der Waals surface area (Å²) in [6.07, 6.45) is 4.31. The lowest BCUT2D eigenvalue weighted by molar-refractivity contribution is 0.375. The number of piperidine rings is 1. The van der Waals surface area contributed by atoms with Crippen molar-refractivity contribution in [1.29, 1.82) is 0 Å². The summed E-state index contributed by atoms with van der Waals surface area (Å²) in [5.74, 6) is 0.856. The fourth-order valence-electron chi connectivity index (χ4n) is 3.21. The van der Waals surface area contributed by atoms with Crippen molar-refractivity contribution in [3.8, 4) is 0 Å². The molecule has 0 spiro atoms. The van der Waals surface area contributed by atoms with Crippen molar-refractivity contribution < 1.29 is 8.42 Å². The van der Waals surface area contributed by atoms with Crippen molar-refractivity contribution in [2.24, 2.45) is 4.99 Å². The Morgan fingerprint density at radius 1 is 1.17 bits per heavy atom. The Labute approximate surface area is 200 Å². The van der Waals surface area contributed by atoms with Gasteiger partial charge in [0.15, 0.2) is 5.96 Å². The van der Waals surface area contributed by atoms with E-state index in [1.54, 1.807) is 27.2 Å². The molecule has 1 aromatic carbocycles. The van der Waals surface area contributed by atoms with Crippen LogP contribution >= 0.6 is 35.3 Å². The number of guanidine groups is 1. The topological polar surface area (TPSA) is 65.0 Å². The summed E-state index contributed by atoms with van der Waals surface area (Å²) in [6.45, 7) is 2.40. The lowest BCUT2D eigenvalue weighted by Crippen LogP contribution is -2.44. The first kappa shape index (κ1) is 24.8. The summed E-state index contributed by atoms with van der Waals surface area (Å²) in [4.78, 5) is 7.63. The van der Waals surface area contributed by atoms with Crippen molar-refractivity contribution in [1.82, 2.24) is 14.5 Å². The van der Waals surface area contributed by atoms with Crippen molar-refractivity contribution in [3.05, 3.63) is 58.5 Å². The van der Waals surface area contributed by atoms with E-state index in [1.165, 1.54) is 26.8 Å². The second-order valence-corrected chi connectivity index (χ2v) is 10.7. The smallest absolute Gasteiger partial charge is 0.252 e. The standard InChI is InChI=1S/C21H28N4O2S2.HI/c1-22-21(23-16-19-9-10-20(28-19)29(26,27)24(2)3)25-13-11-18(12-14-25)15-17-7-5-4-6-8-17;/h4-10,15H,11-14,16H2,1-3H3,(H,22,23);1H. The van der Waals surface area contributed by atoms with Crippen LogP contribution < -0.4 is 5.32 Å². The third kappa shape index (κ3) is 6.29. The highest BCUT2D eigenvalue weighted by molar-refractivity contribution is 14.0. The summed E-state index contributed by atoms with van der Waals surface area (Å²) < 4.78 is 26.1. The van der Waals surface area contributed by atoms with Crippen molar-refractivity contribution in [3.63, 3.8) is 0 Å². The molecule has 0 bridgehead atoms. The largest absolute Gasteiger partial charge is 0.351 e. The second kappa shape index (κ2) is 11.3. The number of sulfonamides is 1. The van der Waals surface area contributed by atoms with Crippen LogP contribution in [0.1, 0.15) is 23.3 Å². The van der Waals surface area contributed by atoms with Crippen LogP contribution in [0.25, 0.3) is 6.08 Å². The summed E-state index contributed by atoms with van der Waals surface area (Å²) >= 11 is 1.29. The minimum atomic E-state index is -3.38. The Morgan fingerprint density at radius 2 is 1.83 bits per heavy atom. The highest BCUT2D eigenvalue weighted by Gasteiger charge is 2.20. The quantitative estimate of drug-likeness (QED) is 0.343. The molecule has 1 fully saturated rings. The maximum absolute atomic E-state index is 12.2. The van der Waals surface area contributed by atoms with Crippen LogP contribution in [0.3, 0.4) is 0 Å². The molecule has 1 aliphatic heterocycles. The highest BCUT2D eigenvalue weighted by atomic mass is 127. The van der Waals surface area contributed by atoms with E-state index in [4.69, 9.17) is 0 Å². The maximum atomic E-state index is 12.2. The number of rotatable bonds is 5. The zero-order valence-electron chi connectivity index (χ0n) is 17.5. The number of hydrogen-bond acceptors (Lipinski definition) is 4. The zero-order valence-corrected chi connectivity index (χ0v) is 21.5. The molecule has 2 heterocycles. The first-order chi connectivity index (χ1) is 13.9. The molecule has 1 aliphatic rings. The molecular formula is C21H29IN4O2S2. The number of likely N-dealkylation sites (tertiary alicyclic amines) is 1. The van der Waals surface area contributed by atoms with Crippen LogP contribution in [0.15, 0.2) is 57.2 Å². The van der Waals surface area contributed by atoms with Gasteiger partial charge in [0.1, 0.15) is 4.21 Å². The Kier molecular flexibility index (Phi) is 9.32. The van der Waals surface area contributed by atoms with Crippen LogP contribution in [-0.4, -0.2) is 57.8 Å². The first-order valence-electron chi connectivity index (χ1n) is 9.61. The lowest BCUT2D eigenvalue weighted by Gasteiger charge is -2.31. The number of aliphatic imine (C=N–C) groups is 1. The first-order valence-corrected chi connectivity index (χ1v) is 11.9. The molecule has 2 aromatic rings. The molecular weight excluding hydrogens is 531 g/mol. The predicted molar refractivity (Wildman–Crippen MR) is 136 cm³/mol. The van der Waals surface area contributed by atoms with Crippen LogP contribution in [0, 0.1) is 0 Å². The van der Waals surface area contributed by atoms with Crippen LogP contribution in [0.2, 0.25) is 0 Å². The number of halogens is 1. The van der Waals surface area contributed by atoms with Crippen LogP contribution in [0.4, 0.5) is 0 Å². The van der Waals surface area contributed by atoms with Crippen molar-refractivity contribution in [2.75, 3.05) is 34.2 Å².